The first-order valence-electron chi connectivity index (χ1n) is 7.13. The Labute approximate surface area is 134 Å². The molecule has 0 N–H and O–H groups in total. The van der Waals surface area contributed by atoms with E-state index < -0.39 is 35.4 Å². The predicted molar refractivity (Wildman–Crippen MR) is 77.3 cm³/mol. The number of carbonyl (C=O) groups excluding carboxylic acids is 3. The van der Waals surface area contributed by atoms with Crippen molar-refractivity contribution in [1.29, 1.82) is 0 Å². The first-order valence-corrected chi connectivity index (χ1v) is 7.13. The van der Waals surface area contributed by atoms with E-state index in [9.17, 15) is 14.4 Å². The molecule has 3 aliphatic rings. The van der Waals surface area contributed by atoms with Crippen LogP contribution < -0.4 is 0 Å². The number of rotatable bonds is 3. The highest BCUT2D eigenvalue weighted by Crippen LogP contribution is 2.41. The van der Waals surface area contributed by atoms with Gasteiger partial charge in [-0.2, -0.15) is 5.06 Å². The maximum Gasteiger partial charge on any atom is 0.435 e. The Balaban J connectivity index is 2.49. The molecule has 3 rings (SSSR count). The molecule has 0 unspecified atom stereocenters. The molecule has 1 aliphatic carbocycles. The van der Waals surface area contributed by atoms with Gasteiger partial charge in [-0.3, -0.25) is 14.4 Å². The lowest BCUT2D eigenvalue weighted by Crippen LogP contribution is -2.72. The van der Waals surface area contributed by atoms with Crippen LogP contribution in [-0.2, 0) is 28.6 Å². The molecule has 8 nitrogen and oxygen atoms in total. The Morgan fingerprint density at radius 2 is 1.83 bits per heavy atom. The van der Waals surface area contributed by atoms with E-state index >= 15 is 0 Å². The van der Waals surface area contributed by atoms with Gasteiger partial charge >= 0.3 is 6.09 Å². The van der Waals surface area contributed by atoms with Crippen molar-refractivity contribution in [2.45, 2.75) is 51.2 Å². The van der Waals surface area contributed by atoms with Crippen molar-refractivity contribution in [3.63, 3.8) is 0 Å². The number of hydroxylamine groups is 2. The Morgan fingerprint density at radius 1 is 1.26 bits per heavy atom. The molecule has 0 aromatic heterocycles. The van der Waals surface area contributed by atoms with Crippen molar-refractivity contribution in [3.8, 4) is 0 Å². The van der Waals surface area contributed by atoms with Crippen LogP contribution in [-0.4, -0.2) is 60.5 Å². The fourth-order valence-electron chi connectivity index (χ4n) is 2.68. The summed E-state index contributed by atoms with van der Waals surface area (Å²) >= 11 is 0. The smallest absolute Gasteiger partial charge is 0.435 e. The topological polar surface area (TPSA) is 91.4 Å². The summed E-state index contributed by atoms with van der Waals surface area (Å²) in [7, 11) is 2.54. The quantitative estimate of drug-likeness (QED) is 0.714. The number of fused-ring (bicyclic) bond motifs is 2. The fourth-order valence-corrected chi connectivity index (χ4v) is 2.68. The lowest BCUT2D eigenvalue weighted by atomic mass is 9.82. The van der Waals surface area contributed by atoms with Crippen LogP contribution in [0.3, 0.4) is 0 Å². The second kappa shape index (κ2) is 5.70. The summed E-state index contributed by atoms with van der Waals surface area (Å²) < 4.78 is 15.8. The zero-order valence-corrected chi connectivity index (χ0v) is 14.0. The number of ether oxygens (including phenoxy) is 3. The fraction of sp³-hybridized carbons (Fsp3) is 0.667. The number of amides is 1. The van der Waals surface area contributed by atoms with Crippen molar-refractivity contribution in [3.05, 3.63) is 11.6 Å². The van der Waals surface area contributed by atoms with Gasteiger partial charge in [0.2, 0.25) is 5.78 Å². The molecule has 1 amide bonds. The maximum atomic E-state index is 12.5. The molecule has 0 radical (unpaired) electrons. The van der Waals surface area contributed by atoms with Crippen molar-refractivity contribution >= 4 is 17.7 Å². The number of hydrogen-bond donors (Lipinski definition) is 0. The van der Waals surface area contributed by atoms with Gasteiger partial charge in [-0.05, 0) is 33.8 Å². The average Bonchev–Trinajstić information content (AvgIpc) is 2.46. The first kappa shape index (κ1) is 17.6. The highest BCUT2D eigenvalue weighted by atomic mass is 16.8. The van der Waals surface area contributed by atoms with E-state index in [1.807, 2.05) is 0 Å². The van der Waals surface area contributed by atoms with Crippen LogP contribution in [0.5, 0.6) is 0 Å². The second-order valence-electron chi connectivity index (χ2n) is 6.35. The summed E-state index contributed by atoms with van der Waals surface area (Å²) in [4.78, 5) is 42.2. The van der Waals surface area contributed by atoms with Crippen LogP contribution in [0.25, 0.3) is 0 Å². The third-order valence-corrected chi connectivity index (χ3v) is 3.64. The summed E-state index contributed by atoms with van der Waals surface area (Å²) in [5.74, 6) is -2.64. The van der Waals surface area contributed by atoms with Crippen molar-refractivity contribution in [2.75, 3.05) is 14.2 Å². The number of nitrogens with zero attached hydrogens (tertiary/aromatic N) is 1. The van der Waals surface area contributed by atoms with Gasteiger partial charge in [-0.15, -0.1) is 0 Å². The van der Waals surface area contributed by atoms with Crippen molar-refractivity contribution < 1.29 is 33.4 Å². The molecular formula is C15H21NO7. The van der Waals surface area contributed by atoms with E-state index in [2.05, 4.69) is 0 Å². The standard InChI is InChI=1S/C15H21NO7/c1-8(17)9-7-10-12(18)15(20-5,21-6)11(9)16(23-10)13(19)22-14(2,3)4/h7,10-11H,1-6H3/t10-,11+/m0/s1. The Kier molecular flexibility index (Phi) is 4.36. The molecule has 23 heavy (non-hydrogen) atoms. The van der Waals surface area contributed by atoms with Crippen LogP contribution >= 0.6 is 0 Å². The largest absolute Gasteiger partial charge is 0.442 e. The zero-order valence-electron chi connectivity index (χ0n) is 14.0. The molecule has 0 spiro atoms. The van der Waals surface area contributed by atoms with E-state index in [4.69, 9.17) is 19.0 Å². The number of hydrogen-bond acceptors (Lipinski definition) is 7. The highest BCUT2D eigenvalue weighted by Gasteiger charge is 2.64. The SMILES string of the molecule is COC1(OC)C(=O)[C@@H]2C=C(C(C)=O)[C@H]1N(C(=O)OC(C)(C)C)O2. The number of methoxy groups -OCH3 is 2. The normalized spacial score (nSPS) is 26.1. The lowest BCUT2D eigenvalue weighted by molar-refractivity contribution is -0.310. The molecule has 0 aromatic rings. The van der Waals surface area contributed by atoms with Crippen LogP contribution in [0.4, 0.5) is 4.79 Å². The van der Waals surface area contributed by atoms with Gasteiger partial charge < -0.3 is 14.2 Å². The molecule has 0 saturated carbocycles. The zero-order chi connectivity index (χ0) is 17.6. The van der Waals surface area contributed by atoms with Gasteiger partial charge in [0.05, 0.1) is 0 Å². The Hall–Kier alpha value is -1.77. The van der Waals surface area contributed by atoms with Crippen LogP contribution in [0.15, 0.2) is 11.6 Å². The molecule has 2 atom stereocenters. The van der Waals surface area contributed by atoms with Crippen molar-refractivity contribution in [1.82, 2.24) is 5.06 Å². The Bertz CT molecular complexity index is 571. The van der Waals surface area contributed by atoms with E-state index in [-0.39, 0.29) is 11.4 Å². The van der Waals surface area contributed by atoms with E-state index in [1.165, 1.54) is 27.2 Å². The summed E-state index contributed by atoms with van der Waals surface area (Å²) in [6.07, 6.45) is -0.608. The molecular weight excluding hydrogens is 306 g/mol. The van der Waals surface area contributed by atoms with E-state index in [1.54, 1.807) is 20.8 Å². The summed E-state index contributed by atoms with van der Waals surface area (Å²) in [5.41, 5.74) is -0.570. The predicted octanol–water partition coefficient (Wildman–Crippen LogP) is 0.993. The van der Waals surface area contributed by atoms with Crippen LogP contribution in [0, 0.1) is 0 Å². The summed E-state index contributed by atoms with van der Waals surface area (Å²) in [6, 6.07) is -1.18. The minimum Gasteiger partial charge on any atom is -0.442 e. The lowest BCUT2D eigenvalue weighted by Gasteiger charge is -2.50. The second-order valence-corrected chi connectivity index (χ2v) is 6.35. The minimum atomic E-state index is -1.81. The minimum absolute atomic E-state index is 0.204. The van der Waals surface area contributed by atoms with Crippen LogP contribution in [0.2, 0.25) is 0 Å². The Morgan fingerprint density at radius 3 is 2.26 bits per heavy atom. The molecule has 1 saturated heterocycles. The van der Waals surface area contributed by atoms with Gasteiger partial charge in [0.15, 0.2) is 17.9 Å². The average molecular weight is 327 g/mol. The molecule has 128 valence electrons. The summed E-state index contributed by atoms with van der Waals surface area (Å²) in [6.45, 7) is 6.42. The number of carbonyl (C=O) groups is 3. The van der Waals surface area contributed by atoms with Crippen LogP contribution in [0.1, 0.15) is 27.7 Å². The van der Waals surface area contributed by atoms with Gasteiger partial charge in [-0.1, -0.05) is 0 Å². The van der Waals surface area contributed by atoms with E-state index in [0.29, 0.717) is 0 Å². The molecule has 8 heteroatoms. The number of ketones is 2. The molecule has 1 fully saturated rings. The van der Waals surface area contributed by atoms with Gasteiger partial charge in [0, 0.05) is 19.8 Å². The molecule has 2 heterocycles. The van der Waals surface area contributed by atoms with Crippen molar-refractivity contribution in [2.24, 2.45) is 0 Å². The number of Topliss-reactive ketones (excluding diaryl/α,β-unsaturated/α-hetero) is 2. The molecule has 2 bridgehead atoms. The molecule has 2 aliphatic heterocycles. The van der Waals surface area contributed by atoms with Gasteiger partial charge in [0.25, 0.3) is 5.79 Å². The first-order chi connectivity index (χ1) is 10.6. The van der Waals surface area contributed by atoms with E-state index in [0.717, 1.165) is 5.06 Å². The highest BCUT2D eigenvalue weighted by molar-refractivity contribution is 6.04. The third kappa shape index (κ3) is 2.77. The summed E-state index contributed by atoms with van der Waals surface area (Å²) in [5, 5.41) is 0.848. The van der Waals surface area contributed by atoms with Gasteiger partial charge in [-0.25, -0.2) is 4.79 Å². The molecule has 0 aromatic carbocycles. The van der Waals surface area contributed by atoms with Gasteiger partial charge in [0.1, 0.15) is 5.60 Å². The monoisotopic (exact) mass is 327 g/mol. The third-order valence-electron chi connectivity index (χ3n) is 3.64. The maximum absolute atomic E-state index is 12.5.